The lowest BCUT2D eigenvalue weighted by atomic mass is 9.91. The largest absolute Gasteiger partial charge is 0.507 e. The minimum atomic E-state index is 0. The summed E-state index contributed by atoms with van der Waals surface area (Å²) >= 11 is 0. The minimum absolute atomic E-state index is 0. The van der Waals surface area contributed by atoms with E-state index in [1.807, 2.05) is 25.1 Å². The fourth-order valence-electron chi connectivity index (χ4n) is 2.52. The first-order valence-electron chi connectivity index (χ1n) is 5.74. The zero-order valence-electron chi connectivity index (χ0n) is 9.65. The first-order valence-corrected chi connectivity index (χ1v) is 5.74. The first-order chi connectivity index (χ1) is 7.20. The summed E-state index contributed by atoms with van der Waals surface area (Å²) in [5, 5.41) is 9.95. The second-order valence-electron chi connectivity index (χ2n) is 4.58. The van der Waals surface area contributed by atoms with Gasteiger partial charge in [-0.3, -0.25) is 0 Å². The number of rotatable bonds is 2. The summed E-state index contributed by atoms with van der Waals surface area (Å²) < 4.78 is 0. The predicted octanol–water partition coefficient (Wildman–Crippen LogP) is 3.31. The van der Waals surface area contributed by atoms with Gasteiger partial charge in [0.2, 0.25) is 0 Å². The molecule has 1 atom stereocenters. The van der Waals surface area contributed by atoms with Crippen LogP contribution in [0.2, 0.25) is 0 Å². The van der Waals surface area contributed by atoms with E-state index in [-0.39, 0.29) is 18.4 Å². The second kappa shape index (κ2) is 5.55. The Balaban J connectivity index is 0.00000128. The highest BCUT2D eigenvalue weighted by Gasteiger charge is 2.25. The van der Waals surface area contributed by atoms with Crippen molar-refractivity contribution in [1.29, 1.82) is 0 Å². The van der Waals surface area contributed by atoms with E-state index in [0.717, 1.165) is 11.1 Å². The maximum Gasteiger partial charge on any atom is 0.123 e. The number of phenolic OH excluding ortho intramolecular Hbond substituents is 1. The quantitative estimate of drug-likeness (QED) is 0.835. The molecule has 0 spiro atoms. The van der Waals surface area contributed by atoms with Gasteiger partial charge in [0.05, 0.1) is 0 Å². The van der Waals surface area contributed by atoms with Gasteiger partial charge in [-0.05, 0) is 31.2 Å². The molecule has 1 aliphatic rings. The van der Waals surface area contributed by atoms with Crippen LogP contribution in [-0.4, -0.2) is 5.11 Å². The van der Waals surface area contributed by atoms with Crippen LogP contribution in [-0.2, 0) is 0 Å². The van der Waals surface area contributed by atoms with Crippen LogP contribution in [0, 0.1) is 12.8 Å². The molecule has 1 saturated carbocycles. The van der Waals surface area contributed by atoms with Crippen molar-refractivity contribution in [2.75, 3.05) is 0 Å². The molecule has 16 heavy (non-hydrogen) atoms. The molecule has 0 amide bonds. The SMILES string of the molecule is Cc1cccc([C@H](N)C2CCCC2)c1O.Cl. The van der Waals surface area contributed by atoms with Gasteiger partial charge in [-0.2, -0.15) is 0 Å². The molecule has 0 aromatic heterocycles. The Labute approximate surface area is 103 Å². The predicted molar refractivity (Wildman–Crippen MR) is 69.0 cm³/mol. The number of benzene rings is 1. The summed E-state index contributed by atoms with van der Waals surface area (Å²) in [5.41, 5.74) is 8.05. The molecule has 0 bridgehead atoms. The molecule has 0 heterocycles. The van der Waals surface area contributed by atoms with Crippen molar-refractivity contribution in [1.82, 2.24) is 0 Å². The third kappa shape index (κ3) is 2.50. The highest BCUT2D eigenvalue weighted by Crippen LogP contribution is 2.37. The van der Waals surface area contributed by atoms with E-state index >= 15 is 0 Å². The lowest BCUT2D eigenvalue weighted by molar-refractivity contribution is 0.410. The van der Waals surface area contributed by atoms with Gasteiger partial charge in [-0.1, -0.05) is 31.0 Å². The van der Waals surface area contributed by atoms with Gasteiger partial charge in [0, 0.05) is 11.6 Å². The molecule has 0 saturated heterocycles. The topological polar surface area (TPSA) is 46.2 Å². The van der Waals surface area contributed by atoms with Crippen LogP contribution in [0.4, 0.5) is 0 Å². The molecular weight excluding hydrogens is 222 g/mol. The van der Waals surface area contributed by atoms with Crippen molar-refractivity contribution in [2.45, 2.75) is 38.6 Å². The van der Waals surface area contributed by atoms with Crippen molar-refractivity contribution in [3.63, 3.8) is 0 Å². The zero-order valence-corrected chi connectivity index (χ0v) is 10.5. The Kier molecular flexibility index (Phi) is 4.63. The molecule has 90 valence electrons. The monoisotopic (exact) mass is 241 g/mol. The van der Waals surface area contributed by atoms with E-state index in [0.29, 0.717) is 11.7 Å². The number of hydrogen-bond donors (Lipinski definition) is 2. The number of aryl methyl sites for hydroxylation is 1. The summed E-state index contributed by atoms with van der Waals surface area (Å²) in [6.07, 6.45) is 4.97. The average Bonchev–Trinajstić information content (AvgIpc) is 2.74. The minimum Gasteiger partial charge on any atom is -0.507 e. The molecule has 2 rings (SSSR count). The Hall–Kier alpha value is -0.730. The van der Waals surface area contributed by atoms with Crippen LogP contribution >= 0.6 is 12.4 Å². The molecule has 1 aromatic rings. The Morgan fingerprint density at radius 1 is 1.31 bits per heavy atom. The number of nitrogens with two attached hydrogens (primary N) is 1. The number of phenols is 1. The summed E-state index contributed by atoms with van der Waals surface area (Å²) in [7, 11) is 0. The smallest absolute Gasteiger partial charge is 0.123 e. The molecule has 3 heteroatoms. The van der Waals surface area contributed by atoms with Crippen LogP contribution in [0.3, 0.4) is 0 Å². The van der Waals surface area contributed by atoms with Gasteiger partial charge < -0.3 is 10.8 Å². The second-order valence-corrected chi connectivity index (χ2v) is 4.58. The van der Waals surface area contributed by atoms with Gasteiger partial charge in [0.25, 0.3) is 0 Å². The molecule has 1 aromatic carbocycles. The lowest BCUT2D eigenvalue weighted by Gasteiger charge is -2.20. The summed E-state index contributed by atoms with van der Waals surface area (Å²) in [5.74, 6) is 0.939. The first kappa shape index (κ1) is 13.3. The highest BCUT2D eigenvalue weighted by atomic mass is 35.5. The van der Waals surface area contributed by atoms with Gasteiger partial charge in [0.1, 0.15) is 5.75 Å². The maximum atomic E-state index is 9.95. The fraction of sp³-hybridized carbons (Fsp3) is 0.538. The van der Waals surface area contributed by atoms with Gasteiger partial charge >= 0.3 is 0 Å². The van der Waals surface area contributed by atoms with E-state index in [4.69, 9.17) is 5.73 Å². The summed E-state index contributed by atoms with van der Waals surface area (Å²) in [4.78, 5) is 0. The van der Waals surface area contributed by atoms with E-state index in [1.165, 1.54) is 25.7 Å². The lowest BCUT2D eigenvalue weighted by Crippen LogP contribution is -2.19. The number of halogens is 1. The van der Waals surface area contributed by atoms with E-state index < -0.39 is 0 Å². The maximum absolute atomic E-state index is 9.95. The van der Waals surface area contributed by atoms with Gasteiger partial charge in [-0.25, -0.2) is 0 Å². The average molecular weight is 242 g/mol. The van der Waals surface area contributed by atoms with Crippen LogP contribution in [0.1, 0.15) is 42.9 Å². The van der Waals surface area contributed by atoms with E-state index in [2.05, 4.69) is 0 Å². The summed E-state index contributed by atoms with van der Waals surface area (Å²) in [6, 6.07) is 5.84. The standard InChI is InChI=1S/C13H19NO.ClH/c1-9-5-4-8-11(13(9)15)12(14)10-6-2-3-7-10;/h4-5,8,10,12,15H,2-3,6-7,14H2,1H3;1H/t12-;/m1./s1. The molecule has 2 nitrogen and oxygen atoms in total. The number of aromatic hydroxyl groups is 1. The molecular formula is C13H20ClNO. The van der Waals surface area contributed by atoms with Crippen LogP contribution in [0.15, 0.2) is 18.2 Å². The van der Waals surface area contributed by atoms with Gasteiger partial charge in [-0.15, -0.1) is 12.4 Å². The number of hydrogen-bond acceptors (Lipinski definition) is 2. The van der Waals surface area contributed by atoms with E-state index in [1.54, 1.807) is 0 Å². The highest BCUT2D eigenvalue weighted by molar-refractivity contribution is 5.85. The Morgan fingerprint density at radius 2 is 1.94 bits per heavy atom. The third-order valence-electron chi connectivity index (χ3n) is 3.54. The molecule has 1 aliphatic carbocycles. The third-order valence-corrected chi connectivity index (χ3v) is 3.54. The molecule has 1 fully saturated rings. The Morgan fingerprint density at radius 3 is 2.56 bits per heavy atom. The van der Waals surface area contributed by atoms with Gasteiger partial charge in [0.15, 0.2) is 0 Å². The van der Waals surface area contributed by atoms with Crippen molar-refractivity contribution < 1.29 is 5.11 Å². The fourth-order valence-corrected chi connectivity index (χ4v) is 2.52. The summed E-state index contributed by atoms with van der Waals surface area (Å²) in [6.45, 7) is 1.92. The van der Waals surface area contributed by atoms with Crippen molar-refractivity contribution in [2.24, 2.45) is 11.7 Å². The van der Waals surface area contributed by atoms with Crippen molar-refractivity contribution >= 4 is 12.4 Å². The molecule has 0 radical (unpaired) electrons. The zero-order chi connectivity index (χ0) is 10.8. The number of para-hydroxylation sites is 1. The van der Waals surface area contributed by atoms with E-state index in [9.17, 15) is 5.11 Å². The van der Waals surface area contributed by atoms with Crippen LogP contribution in [0.5, 0.6) is 5.75 Å². The normalized spacial score (nSPS) is 18.1. The van der Waals surface area contributed by atoms with Crippen LogP contribution in [0.25, 0.3) is 0 Å². The molecule has 0 unspecified atom stereocenters. The Bertz CT molecular complexity index is 348. The molecule has 3 N–H and O–H groups in total. The van der Waals surface area contributed by atoms with Crippen molar-refractivity contribution in [3.05, 3.63) is 29.3 Å². The van der Waals surface area contributed by atoms with Crippen LogP contribution < -0.4 is 5.73 Å². The molecule has 0 aliphatic heterocycles. The van der Waals surface area contributed by atoms with Crippen molar-refractivity contribution in [3.8, 4) is 5.75 Å².